The number of anilines is 1. The van der Waals surface area contributed by atoms with E-state index in [1.807, 2.05) is 49.5 Å². The van der Waals surface area contributed by atoms with Gasteiger partial charge in [0.2, 0.25) is 0 Å². The van der Waals surface area contributed by atoms with Crippen LogP contribution in [-0.4, -0.2) is 29.4 Å². The molecule has 1 aromatic carbocycles. The van der Waals surface area contributed by atoms with Crippen LogP contribution in [0.3, 0.4) is 0 Å². The van der Waals surface area contributed by atoms with E-state index in [0.29, 0.717) is 11.6 Å². The van der Waals surface area contributed by atoms with Gasteiger partial charge in [-0.2, -0.15) is 5.10 Å². The van der Waals surface area contributed by atoms with Crippen molar-refractivity contribution in [2.24, 2.45) is 0 Å². The van der Waals surface area contributed by atoms with Crippen molar-refractivity contribution >= 4 is 11.5 Å². The first-order valence-corrected chi connectivity index (χ1v) is 9.58. The number of fused-ring (bicyclic) bond motifs is 1. The first-order valence-electron chi connectivity index (χ1n) is 9.58. The second-order valence-corrected chi connectivity index (χ2v) is 7.03. The van der Waals surface area contributed by atoms with E-state index in [1.54, 1.807) is 9.20 Å². The zero-order chi connectivity index (χ0) is 21.4. The lowest BCUT2D eigenvalue weighted by atomic mass is 10.2. The van der Waals surface area contributed by atoms with Gasteiger partial charge in [-0.3, -0.25) is 0 Å². The molecule has 0 bridgehead atoms. The molecule has 0 amide bonds. The SMILES string of the molecule is Cc1cccc(-n2nc(NCc3cc(F)ccc3F)cc2-c2ccc3ncnn3c2)n1. The van der Waals surface area contributed by atoms with Crippen LogP contribution in [0, 0.1) is 18.6 Å². The smallest absolute Gasteiger partial charge is 0.155 e. The minimum Gasteiger partial charge on any atom is -0.364 e. The van der Waals surface area contributed by atoms with Gasteiger partial charge >= 0.3 is 0 Å². The predicted octanol–water partition coefficient (Wildman–Crippen LogP) is 4.18. The van der Waals surface area contributed by atoms with Crippen LogP contribution >= 0.6 is 0 Å². The van der Waals surface area contributed by atoms with Gasteiger partial charge < -0.3 is 5.32 Å². The van der Waals surface area contributed by atoms with Crippen LogP contribution in [0.2, 0.25) is 0 Å². The number of aromatic nitrogens is 6. The lowest BCUT2D eigenvalue weighted by Gasteiger charge is -2.07. The molecule has 0 unspecified atom stereocenters. The quantitative estimate of drug-likeness (QED) is 0.465. The minimum absolute atomic E-state index is 0.0867. The van der Waals surface area contributed by atoms with Gasteiger partial charge in [0.15, 0.2) is 11.5 Å². The highest BCUT2D eigenvalue weighted by atomic mass is 19.1. The van der Waals surface area contributed by atoms with Gasteiger partial charge in [0, 0.05) is 35.6 Å². The number of nitrogens with one attached hydrogen (secondary N) is 1. The molecule has 0 saturated heterocycles. The Balaban J connectivity index is 1.55. The van der Waals surface area contributed by atoms with Crippen molar-refractivity contribution in [3.8, 4) is 17.1 Å². The lowest BCUT2D eigenvalue weighted by Crippen LogP contribution is -2.05. The number of benzene rings is 1. The van der Waals surface area contributed by atoms with Crippen LogP contribution in [0.1, 0.15) is 11.3 Å². The molecule has 4 aromatic heterocycles. The van der Waals surface area contributed by atoms with E-state index in [0.717, 1.165) is 34.7 Å². The van der Waals surface area contributed by atoms with Crippen LogP contribution in [0.5, 0.6) is 0 Å². The van der Waals surface area contributed by atoms with Gasteiger partial charge in [0.25, 0.3) is 0 Å². The zero-order valence-electron chi connectivity index (χ0n) is 16.5. The molecule has 0 aliphatic heterocycles. The molecule has 4 heterocycles. The van der Waals surface area contributed by atoms with Crippen molar-refractivity contribution in [1.82, 2.24) is 29.4 Å². The first-order chi connectivity index (χ1) is 15.1. The second kappa shape index (κ2) is 7.60. The lowest BCUT2D eigenvalue weighted by molar-refractivity contribution is 0.587. The van der Waals surface area contributed by atoms with Crippen LogP contribution < -0.4 is 5.32 Å². The Morgan fingerprint density at radius 1 is 1.03 bits per heavy atom. The molecule has 7 nitrogen and oxygen atoms in total. The van der Waals surface area contributed by atoms with Crippen LogP contribution in [-0.2, 0) is 6.54 Å². The van der Waals surface area contributed by atoms with E-state index in [1.165, 1.54) is 12.4 Å². The third-order valence-electron chi connectivity index (χ3n) is 4.84. The summed E-state index contributed by atoms with van der Waals surface area (Å²) in [5, 5.41) is 11.9. The van der Waals surface area contributed by atoms with Gasteiger partial charge in [-0.25, -0.2) is 27.9 Å². The minimum atomic E-state index is -0.491. The van der Waals surface area contributed by atoms with Crippen LogP contribution in [0.15, 0.2) is 67.1 Å². The molecule has 0 fully saturated rings. The average Bonchev–Trinajstić information content (AvgIpc) is 3.41. The third kappa shape index (κ3) is 3.73. The molecular weight excluding hydrogens is 400 g/mol. The van der Waals surface area contributed by atoms with Crippen molar-refractivity contribution in [3.05, 3.63) is 90.0 Å². The normalized spacial score (nSPS) is 11.2. The van der Waals surface area contributed by atoms with Gasteiger partial charge in [-0.15, -0.1) is 5.10 Å². The highest BCUT2D eigenvalue weighted by molar-refractivity contribution is 5.66. The second-order valence-electron chi connectivity index (χ2n) is 7.03. The summed E-state index contributed by atoms with van der Waals surface area (Å²) in [6, 6.07) is 14.6. The summed E-state index contributed by atoms with van der Waals surface area (Å²) in [4.78, 5) is 8.74. The molecule has 154 valence electrons. The molecule has 0 saturated carbocycles. The highest BCUT2D eigenvalue weighted by Gasteiger charge is 2.15. The first kappa shape index (κ1) is 18.9. The third-order valence-corrected chi connectivity index (χ3v) is 4.84. The Labute approximate surface area is 176 Å². The van der Waals surface area contributed by atoms with Gasteiger partial charge in [-0.1, -0.05) is 6.07 Å². The molecular formula is C22H17F2N7. The number of hydrogen-bond acceptors (Lipinski definition) is 5. The summed E-state index contributed by atoms with van der Waals surface area (Å²) in [6.45, 7) is 1.99. The Kier molecular flexibility index (Phi) is 4.62. The van der Waals surface area contributed by atoms with Crippen LogP contribution in [0.4, 0.5) is 14.6 Å². The maximum absolute atomic E-state index is 14.0. The van der Waals surface area contributed by atoms with E-state index in [9.17, 15) is 8.78 Å². The molecule has 9 heteroatoms. The average molecular weight is 417 g/mol. The number of nitrogens with zero attached hydrogens (tertiary/aromatic N) is 6. The van der Waals surface area contributed by atoms with E-state index in [4.69, 9.17) is 0 Å². The van der Waals surface area contributed by atoms with Crippen molar-refractivity contribution < 1.29 is 8.78 Å². The summed E-state index contributed by atoms with van der Waals surface area (Å²) in [5.41, 5.74) is 3.40. The molecule has 0 radical (unpaired) electrons. The van der Waals surface area contributed by atoms with Crippen molar-refractivity contribution in [2.45, 2.75) is 13.5 Å². The fourth-order valence-corrected chi connectivity index (χ4v) is 3.33. The summed E-state index contributed by atoms with van der Waals surface area (Å²) in [6.07, 6.45) is 3.33. The predicted molar refractivity (Wildman–Crippen MR) is 112 cm³/mol. The Hall–Kier alpha value is -4.14. The largest absolute Gasteiger partial charge is 0.364 e. The zero-order valence-corrected chi connectivity index (χ0v) is 16.5. The molecule has 0 spiro atoms. The van der Waals surface area contributed by atoms with E-state index < -0.39 is 11.6 Å². The Morgan fingerprint density at radius 3 is 2.81 bits per heavy atom. The molecule has 0 atom stereocenters. The van der Waals surface area contributed by atoms with Crippen LogP contribution in [0.25, 0.3) is 22.7 Å². The van der Waals surface area contributed by atoms with E-state index in [2.05, 4.69) is 25.5 Å². The topological polar surface area (TPSA) is 72.9 Å². The van der Waals surface area contributed by atoms with E-state index >= 15 is 0 Å². The van der Waals surface area contributed by atoms with Crippen molar-refractivity contribution in [2.75, 3.05) is 5.32 Å². The number of halogens is 2. The number of hydrogen-bond donors (Lipinski definition) is 1. The molecule has 5 rings (SSSR count). The number of rotatable bonds is 5. The maximum atomic E-state index is 14.0. The summed E-state index contributed by atoms with van der Waals surface area (Å²) in [7, 11) is 0. The monoisotopic (exact) mass is 417 g/mol. The molecule has 5 aromatic rings. The molecule has 0 aliphatic carbocycles. The summed E-state index contributed by atoms with van der Waals surface area (Å²) < 4.78 is 30.9. The Morgan fingerprint density at radius 2 is 1.94 bits per heavy atom. The van der Waals surface area contributed by atoms with Gasteiger partial charge in [0.05, 0.1) is 5.69 Å². The molecule has 0 aliphatic rings. The van der Waals surface area contributed by atoms with Crippen molar-refractivity contribution in [3.63, 3.8) is 0 Å². The molecule has 1 N–H and O–H groups in total. The number of aryl methyl sites for hydroxylation is 1. The van der Waals surface area contributed by atoms with Gasteiger partial charge in [-0.05, 0) is 49.4 Å². The Bertz CT molecular complexity index is 1390. The number of pyridine rings is 2. The summed E-state index contributed by atoms with van der Waals surface area (Å²) >= 11 is 0. The maximum Gasteiger partial charge on any atom is 0.155 e. The standard InChI is InChI=1S/C22H17F2N7/c1-14-3-2-4-22(28-14)31-19(15-5-8-21-26-13-27-30(21)12-15)10-20(29-31)25-11-16-9-17(23)6-7-18(16)24/h2-10,12-13H,11H2,1H3,(H,25,29). The molecule has 31 heavy (non-hydrogen) atoms. The highest BCUT2D eigenvalue weighted by Crippen LogP contribution is 2.26. The fraction of sp³-hybridized carbons (Fsp3) is 0.0909. The summed E-state index contributed by atoms with van der Waals surface area (Å²) in [5.74, 6) is 0.166. The van der Waals surface area contributed by atoms with Crippen molar-refractivity contribution in [1.29, 1.82) is 0 Å². The fourth-order valence-electron chi connectivity index (χ4n) is 3.33. The van der Waals surface area contributed by atoms with Gasteiger partial charge in [0.1, 0.15) is 23.8 Å². The van der Waals surface area contributed by atoms with E-state index in [-0.39, 0.29) is 12.1 Å².